The number of hydrazine groups is 1. The zero-order chi connectivity index (χ0) is 13.8. The molecular weight excluding hydrogens is 247 g/mol. The molecule has 19 heavy (non-hydrogen) atoms. The summed E-state index contributed by atoms with van der Waals surface area (Å²) in [5.74, 6) is 4.11. The third-order valence-electron chi connectivity index (χ3n) is 3.62. The first-order valence-corrected chi connectivity index (χ1v) is 6.61. The molecule has 1 unspecified atom stereocenters. The smallest absolute Gasteiger partial charge is 0.257 e. The summed E-state index contributed by atoms with van der Waals surface area (Å²) in [5.41, 5.74) is 2.19. The van der Waals surface area contributed by atoms with Crippen LogP contribution in [0.5, 0.6) is 0 Å². The van der Waals surface area contributed by atoms with Crippen LogP contribution in [0.3, 0.4) is 0 Å². The van der Waals surface area contributed by atoms with Crippen molar-refractivity contribution in [3.63, 3.8) is 0 Å². The van der Waals surface area contributed by atoms with Crippen LogP contribution in [0.4, 0.5) is 10.2 Å². The Bertz CT molecular complexity index is 466. The Morgan fingerprint density at radius 3 is 3.11 bits per heavy atom. The maximum atomic E-state index is 14.1. The molecule has 0 bridgehead atoms. The first-order chi connectivity index (χ1) is 9.19. The number of hydrogen-bond donors (Lipinski definition) is 2. The van der Waals surface area contributed by atoms with E-state index in [0.717, 1.165) is 25.7 Å². The molecule has 1 atom stereocenters. The van der Waals surface area contributed by atoms with E-state index in [9.17, 15) is 9.18 Å². The minimum absolute atomic E-state index is 0.0308. The lowest BCUT2D eigenvalue weighted by Gasteiger charge is -2.35. The SMILES string of the molecule is CCC1CCCCN1C(=O)c1ccnc(NN)c1F. The van der Waals surface area contributed by atoms with Crippen LogP contribution in [-0.2, 0) is 0 Å². The Hall–Kier alpha value is -1.69. The van der Waals surface area contributed by atoms with E-state index in [2.05, 4.69) is 10.4 Å². The number of amides is 1. The Kier molecular flexibility index (Phi) is 4.31. The lowest BCUT2D eigenvalue weighted by Crippen LogP contribution is -2.43. The van der Waals surface area contributed by atoms with Gasteiger partial charge in [0.1, 0.15) is 0 Å². The molecule has 2 rings (SSSR count). The molecule has 0 aromatic carbocycles. The van der Waals surface area contributed by atoms with Gasteiger partial charge in [-0.2, -0.15) is 0 Å². The number of likely N-dealkylation sites (tertiary alicyclic amines) is 1. The van der Waals surface area contributed by atoms with Crippen LogP contribution in [0.2, 0.25) is 0 Å². The van der Waals surface area contributed by atoms with Crippen LogP contribution in [0.25, 0.3) is 0 Å². The Morgan fingerprint density at radius 1 is 1.63 bits per heavy atom. The number of nitrogen functional groups attached to an aromatic ring is 1. The molecule has 0 saturated carbocycles. The Balaban J connectivity index is 2.28. The van der Waals surface area contributed by atoms with E-state index in [1.807, 2.05) is 6.92 Å². The van der Waals surface area contributed by atoms with Gasteiger partial charge in [0.2, 0.25) is 0 Å². The molecule has 2 heterocycles. The number of hydrogen-bond acceptors (Lipinski definition) is 4. The lowest BCUT2D eigenvalue weighted by molar-refractivity contribution is 0.0603. The Labute approximate surface area is 112 Å². The Morgan fingerprint density at radius 2 is 2.42 bits per heavy atom. The first-order valence-electron chi connectivity index (χ1n) is 6.61. The molecule has 1 saturated heterocycles. The third kappa shape index (κ3) is 2.68. The van der Waals surface area contributed by atoms with Crippen molar-refractivity contribution in [2.45, 2.75) is 38.6 Å². The highest BCUT2D eigenvalue weighted by Gasteiger charge is 2.28. The minimum Gasteiger partial charge on any atom is -0.336 e. The number of nitrogens with zero attached hydrogens (tertiary/aromatic N) is 2. The van der Waals surface area contributed by atoms with Crippen LogP contribution < -0.4 is 11.3 Å². The molecule has 1 aliphatic rings. The van der Waals surface area contributed by atoms with E-state index >= 15 is 0 Å². The van der Waals surface area contributed by atoms with Gasteiger partial charge in [0.25, 0.3) is 5.91 Å². The maximum Gasteiger partial charge on any atom is 0.257 e. The van der Waals surface area contributed by atoms with E-state index < -0.39 is 5.82 Å². The van der Waals surface area contributed by atoms with Crippen LogP contribution >= 0.6 is 0 Å². The quantitative estimate of drug-likeness (QED) is 0.647. The zero-order valence-electron chi connectivity index (χ0n) is 11.0. The number of pyridine rings is 1. The fraction of sp³-hybridized carbons (Fsp3) is 0.538. The van der Waals surface area contributed by atoms with E-state index in [1.54, 1.807) is 4.90 Å². The number of piperidine rings is 1. The highest BCUT2D eigenvalue weighted by Crippen LogP contribution is 2.23. The van der Waals surface area contributed by atoms with Gasteiger partial charge < -0.3 is 10.3 Å². The van der Waals surface area contributed by atoms with Crippen LogP contribution in [-0.4, -0.2) is 28.4 Å². The molecule has 6 heteroatoms. The second-order valence-corrected chi connectivity index (χ2v) is 4.72. The van der Waals surface area contributed by atoms with Gasteiger partial charge in [-0.3, -0.25) is 4.79 Å². The summed E-state index contributed by atoms with van der Waals surface area (Å²) in [7, 11) is 0. The summed E-state index contributed by atoms with van der Waals surface area (Å²) in [6.45, 7) is 2.73. The van der Waals surface area contributed by atoms with Crippen molar-refractivity contribution in [2.75, 3.05) is 12.0 Å². The number of nitrogens with two attached hydrogens (primary N) is 1. The molecule has 0 aliphatic carbocycles. The van der Waals surface area contributed by atoms with Crippen LogP contribution in [0.15, 0.2) is 12.3 Å². The van der Waals surface area contributed by atoms with Crippen molar-refractivity contribution in [3.8, 4) is 0 Å². The van der Waals surface area contributed by atoms with Gasteiger partial charge in [0.15, 0.2) is 11.6 Å². The molecule has 0 radical (unpaired) electrons. The highest BCUT2D eigenvalue weighted by molar-refractivity contribution is 5.95. The summed E-state index contributed by atoms with van der Waals surface area (Å²) < 4.78 is 14.1. The average molecular weight is 266 g/mol. The normalized spacial score (nSPS) is 19.3. The van der Waals surface area contributed by atoms with Gasteiger partial charge in [0, 0.05) is 18.8 Å². The van der Waals surface area contributed by atoms with E-state index in [-0.39, 0.29) is 23.3 Å². The van der Waals surface area contributed by atoms with E-state index in [4.69, 9.17) is 5.84 Å². The molecule has 5 nitrogen and oxygen atoms in total. The molecule has 1 amide bonds. The predicted octanol–water partition coefficient (Wildman–Crippen LogP) is 1.91. The van der Waals surface area contributed by atoms with E-state index in [0.29, 0.717) is 6.54 Å². The number of halogens is 1. The van der Waals surface area contributed by atoms with Crippen molar-refractivity contribution in [2.24, 2.45) is 5.84 Å². The maximum absolute atomic E-state index is 14.1. The second kappa shape index (κ2) is 5.97. The number of nitrogens with one attached hydrogen (secondary N) is 1. The van der Waals surface area contributed by atoms with Gasteiger partial charge in [-0.25, -0.2) is 15.2 Å². The molecule has 3 N–H and O–H groups in total. The summed E-state index contributed by atoms with van der Waals surface area (Å²) in [6, 6.07) is 1.60. The van der Waals surface area contributed by atoms with E-state index in [1.165, 1.54) is 12.3 Å². The van der Waals surface area contributed by atoms with Gasteiger partial charge >= 0.3 is 0 Å². The van der Waals surface area contributed by atoms with Crippen molar-refractivity contribution in [1.82, 2.24) is 9.88 Å². The van der Waals surface area contributed by atoms with Crippen molar-refractivity contribution in [3.05, 3.63) is 23.6 Å². The number of rotatable bonds is 3. The van der Waals surface area contributed by atoms with Crippen molar-refractivity contribution >= 4 is 11.7 Å². The average Bonchev–Trinajstić information content (AvgIpc) is 2.46. The molecule has 104 valence electrons. The molecule has 1 aliphatic heterocycles. The highest BCUT2D eigenvalue weighted by atomic mass is 19.1. The first kappa shape index (κ1) is 13.7. The molecule has 1 aromatic rings. The largest absolute Gasteiger partial charge is 0.336 e. The zero-order valence-corrected chi connectivity index (χ0v) is 11.0. The molecule has 1 fully saturated rings. The van der Waals surface area contributed by atoms with Gasteiger partial charge in [-0.1, -0.05) is 6.92 Å². The fourth-order valence-electron chi connectivity index (χ4n) is 2.56. The molecule has 0 spiro atoms. The number of carbonyl (C=O) groups is 1. The van der Waals surface area contributed by atoms with Gasteiger partial charge in [-0.05, 0) is 31.7 Å². The topological polar surface area (TPSA) is 71.2 Å². The lowest BCUT2D eigenvalue weighted by atomic mass is 9.99. The van der Waals surface area contributed by atoms with Crippen molar-refractivity contribution in [1.29, 1.82) is 0 Å². The van der Waals surface area contributed by atoms with Gasteiger partial charge in [-0.15, -0.1) is 0 Å². The van der Waals surface area contributed by atoms with Gasteiger partial charge in [0.05, 0.1) is 5.56 Å². The summed E-state index contributed by atoms with van der Waals surface area (Å²) in [4.78, 5) is 18.0. The summed E-state index contributed by atoms with van der Waals surface area (Å²) in [6.07, 6.45) is 5.35. The summed E-state index contributed by atoms with van der Waals surface area (Å²) in [5, 5.41) is 0. The fourth-order valence-corrected chi connectivity index (χ4v) is 2.56. The molecule has 1 aromatic heterocycles. The number of aromatic nitrogens is 1. The van der Waals surface area contributed by atoms with Crippen molar-refractivity contribution < 1.29 is 9.18 Å². The number of carbonyl (C=O) groups excluding carboxylic acids is 1. The standard InChI is InChI=1S/C13H19FN4O/c1-2-9-5-3-4-8-18(9)13(19)10-6-7-16-12(17-15)11(10)14/h6-7,9H,2-5,8,15H2,1H3,(H,16,17). The van der Waals surface area contributed by atoms with Crippen LogP contribution in [0, 0.1) is 5.82 Å². The number of anilines is 1. The van der Waals surface area contributed by atoms with Crippen LogP contribution in [0.1, 0.15) is 43.0 Å². The summed E-state index contributed by atoms with van der Waals surface area (Å²) >= 11 is 0. The third-order valence-corrected chi connectivity index (χ3v) is 3.62. The molecular formula is C13H19FN4O. The monoisotopic (exact) mass is 266 g/mol. The minimum atomic E-state index is -0.685. The second-order valence-electron chi connectivity index (χ2n) is 4.72. The predicted molar refractivity (Wildman–Crippen MR) is 71.0 cm³/mol.